The minimum Gasteiger partial charge on any atom is -0.296 e. The average molecular weight is 413 g/mol. The van der Waals surface area contributed by atoms with Crippen molar-refractivity contribution in [2.75, 3.05) is 0 Å². The summed E-state index contributed by atoms with van der Waals surface area (Å²) in [5.41, 5.74) is 2.78. The van der Waals surface area contributed by atoms with E-state index in [1.165, 1.54) is 12.3 Å². The van der Waals surface area contributed by atoms with Crippen LogP contribution in [0.2, 0.25) is 0 Å². The standard InChI is InChI=1S/C23H22F3N3O/c24-23(25,26)20-10-7-17(11-28-20)14-1-5-16(6-2-14)22(30)21-19(15-3-4-15)9-8-18-12-27-13-29(18)21/h7-16H,1-6H2. The third-order valence-electron chi connectivity index (χ3n) is 6.51. The van der Waals surface area contributed by atoms with Crippen LogP contribution in [0.1, 0.15) is 77.7 Å². The maximum absolute atomic E-state index is 13.5. The lowest BCUT2D eigenvalue weighted by atomic mass is 9.76. The van der Waals surface area contributed by atoms with E-state index in [1.54, 1.807) is 12.5 Å². The minimum atomic E-state index is -4.42. The first-order valence-electron chi connectivity index (χ1n) is 10.4. The number of halogens is 3. The van der Waals surface area contributed by atoms with Crippen LogP contribution < -0.4 is 0 Å². The minimum absolute atomic E-state index is 0.0610. The SMILES string of the molecule is O=C(c1c(C2CC2)ccc2cncn12)C1CCC(c2ccc(C(F)(F)F)nc2)CC1. The van der Waals surface area contributed by atoms with Crippen molar-refractivity contribution in [3.63, 3.8) is 0 Å². The highest BCUT2D eigenvalue weighted by Gasteiger charge is 2.35. The van der Waals surface area contributed by atoms with Crippen LogP contribution in [-0.2, 0) is 6.18 Å². The number of carbonyl (C=O) groups is 1. The fourth-order valence-electron chi connectivity index (χ4n) is 4.69. The molecule has 0 aromatic carbocycles. The molecule has 7 heteroatoms. The van der Waals surface area contributed by atoms with Gasteiger partial charge >= 0.3 is 6.18 Å². The fraction of sp³-hybridized carbons (Fsp3) is 0.435. The molecule has 2 fully saturated rings. The van der Waals surface area contributed by atoms with Crippen LogP contribution in [0.4, 0.5) is 13.2 Å². The Balaban J connectivity index is 1.33. The van der Waals surface area contributed by atoms with Gasteiger partial charge in [0.2, 0.25) is 0 Å². The first-order chi connectivity index (χ1) is 14.4. The molecule has 0 atom stereocenters. The van der Waals surface area contributed by atoms with Gasteiger partial charge in [-0.15, -0.1) is 0 Å². The maximum atomic E-state index is 13.5. The van der Waals surface area contributed by atoms with E-state index in [-0.39, 0.29) is 17.6 Å². The van der Waals surface area contributed by atoms with E-state index in [0.717, 1.165) is 66.9 Å². The molecule has 30 heavy (non-hydrogen) atoms. The Labute approximate surface area is 172 Å². The second kappa shape index (κ2) is 7.22. The van der Waals surface area contributed by atoms with Crippen LogP contribution in [0.5, 0.6) is 0 Å². The summed E-state index contributed by atoms with van der Waals surface area (Å²) < 4.78 is 40.1. The summed E-state index contributed by atoms with van der Waals surface area (Å²) in [5.74, 6) is 0.722. The fourth-order valence-corrected chi connectivity index (χ4v) is 4.69. The molecular formula is C23H22F3N3O. The second-order valence-electron chi connectivity index (χ2n) is 8.49. The molecule has 2 aliphatic rings. The van der Waals surface area contributed by atoms with Crippen LogP contribution in [0.25, 0.3) is 5.52 Å². The number of fused-ring (bicyclic) bond motifs is 1. The first kappa shape index (κ1) is 19.3. The molecule has 0 bridgehead atoms. The van der Waals surface area contributed by atoms with E-state index in [0.29, 0.717) is 5.92 Å². The largest absolute Gasteiger partial charge is 0.433 e. The quantitative estimate of drug-likeness (QED) is 0.509. The number of imidazole rings is 1. The van der Waals surface area contributed by atoms with Crippen molar-refractivity contribution in [3.05, 3.63) is 65.5 Å². The summed E-state index contributed by atoms with van der Waals surface area (Å²) in [6.07, 6.45) is 5.67. The van der Waals surface area contributed by atoms with Crippen molar-refractivity contribution >= 4 is 11.3 Å². The molecule has 3 aromatic rings. The average Bonchev–Trinajstić information content (AvgIpc) is 3.48. The number of Topliss-reactive ketones (excluding diaryl/α,β-unsaturated/α-hetero) is 1. The van der Waals surface area contributed by atoms with Gasteiger partial charge in [0, 0.05) is 12.1 Å². The van der Waals surface area contributed by atoms with Gasteiger partial charge in [-0.2, -0.15) is 13.2 Å². The number of hydrogen-bond donors (Lipinski definition) is 0. The molecule has 0 amide bonds. The van der Waals surface area contributed by atoms with Gasteiger partial charge < -0.3 is 0 Å². The van der Waals surface area contributed by atoms with Crippen LogP contribution in [0, 0.1) is 5.92 Å². The molecule has 0 unspecified atom stereocenters. The number of carbonyl (C=O) groups excluding carboxylic acids is 1. The van der Waals surface area contributed by atoms with Crippen molar-refractivity contribution in [1.29, 1.82) is 0 Å². The first-order valence-corrected chi connectivity index (χ1v) is 10.4. The summed E-state index contributed by atoms with van der Waals surface area (Å²) in [5, 5.41) is 0. The molecule has 2 aliphatic carbocycles. The zero-order valence-electron chi connectivity index (χ0n) is 16.4. The van der Waals surface area contributed by atoms with E-state index in [9.17, 15) is 18.0 Å². The number of rotatable bonds is 4. The van der Waals surface area contributed by atoms with Crippen LogP contribution in [-0.4, -0.2) is 20.2 Å². The number of pyridine rings is 2. The topological polar surface area (TPSA) is 47.3 Å². The molecule has 0 saturated heterocycles. The van der Waals surface area contributed by atoms with Crippen molar-refractivity contribution in [1.82, 2.24) is 14.4 Å². The predicted octanol–water partition coefficient (Wildman–Crippen LogP) is 5.78. The second-order valence-corrected chi connectivity index (χ2v) is 8.49. The van der Waals surface area contributed by atoms with Crippen molar-refractivity contribution in [3.8, 4) is 0 Å². The van der Waals surface area contributed by atoms with E-state index in [2.05, 4.69) is 16.0 Å². The van der Waals surface area contributed by atoms with E-state index in [4.69, 9.17) is 0 Å². The third kappa shape index (κ3) is 3.50. The van der Waals surface area contributed by atoms with Gasteiger partial charge in [0.05, 0.1) is 23.7 Å². The predicted molar refractivity (Wildman–Crippen MR) is 105 cm³/mol. The van der Waals surface area contributed by atoms with Gasteiger partial charge in [-0.25, -0.2) is 4.98 Å². The number of aromatic nitrogens is 3. The number of nitrogens with zero attached hydrogens (tertiary/aromatic N) is 3. The zero-order valence-corrected chi connectivity index (χ0v) is 16.4. The van der Waals surface area contributed by atoms with Crippen LogP contribution in [0.3, 0.4) is 0 Å². The molecule has 3 aromatic heterocycles. The normalized spacial score (nSPS) is 22.4. The lowest BCUT2D eigenvalue weighted by molar-refractivity contribution is -0.141. The van der Waals surface area contributed by atoms with Gasteiger partial charge in [-0.3, -0.25) is 14.2 Å². The molecule has 0 N–H and O–H groups in total. The lowest BCUT2D eigenvalue weighted by Gasteiger charge is -2.28. The van der Waals surface area contributed by atoms with Gasteiger partial charge in [-0.1, -0.05) is 12.1 Å². The lowest BCUT2D eigenvalue weighted by Crippen LogP contribution is -2.24. The molecule has 0 aliphatic heterocycles. The molecule has 2 saturated carbocycles. The molecule has 4 nitrogen and oxygen atoms in total. The highest BCUT2D eigenvalue weighted by Crippen LogP contribution is 2.44. The zero-order chi connectivity index (χ0) is 20.9. The molecular weight excluding hydrogens is 391 g/mol. The van der Waals surface area contributed by atoms with E-state index >= 15 is 0 Å². The Morgan fingerprint density at radius 2 is 1.67 bits per heavy atom. The molecule has 0 spiro atoms. The highest BCUT2D eigenvalue weighted by atomic mass is 19.4. The van der Waals surface area contributed by atoms with Crippen molar-refractivity contribution < 1.29 is 18.0 Å². The monoisotopic (exact) mass is 413 g/mol. The number of alkyl halides is 3. The smallest absolute Gasteiger partial charge is 0.296 e. The Kier molecular flexibility index (Phi) is 4.64. The summed E-state index contributed by atoms with van der Waals surface area (Å²) in [7, 11) is 0. The van der Waals surface area contributed by atoms with Crippen LogP contribution >= 0.6 is 0 Å². The molecule has 5 rings (SSSR count). The van der Waals surface area contributed by atoms with Crippen molar-refractivity contribution in [2.45, 2.75) is 56.5 Å². The number of hydrogen-bond acceptors (Lipinski definition) is 3. The Morgan fingerprint density at radius 1 is 0.933 bits per heavy atom. The van der Waals surface area contributed by atoms with Crippen LogP contribution in [0.15, 0.2) is 43.0 Å². The molecule has 156 valence electrons. The highest BCUT2D eigenvalue weighted by molar-refractivity contribution is 5.98. The Bertz CT molecular complexity index is 1080. The Morgan fingerprint density at radius 3 is 2.30 bits per heavy atom. The maximum Gasteiger partial charge on any atom is 0.433 e. The van der Waals surface area contributed by atoms with Gasteiger partial charge in [0.25, 0.3) is 0 Å². The van der Waals surface area contributed by atoms with Gasteiger partial charge in [-0.05, 0) is 73.6 Å². The number of ketones is 1. The van der Waals surface area contributed by atoms with Gasteiger partial charge in [0.15, 0.2) is 5.78 Å². The van der Waals surface area contributed by atoms with E-state index < -0.39 is 11.9 Å². The summed E-state index contributed by atoms with van der Waals surface area (Å²) >= 11 is 0. The summed E-state index contributed by atoms with van der Waals surface area (Å²) in [4.78, 5) is 21.3. The summed E-state index contributed by atoms with van der Waals surface area (Å²) in [6, 6.07) is 6.67. The van der Waals surface area contributed by atoms with Gasteiger partial charge in [0.1, 0.15) is 5.69 Å². The Hall–Kier alpha value is -2.70. The third-order valence-corrected chi connectivity index (χ3v) is 6.51. The van der Waals surface area contributed by atoms with Crippen molar-refractivity contribution in [2.24, 2.45) is 5.92 Å². The summed E-state index contributed by atoms with van der Waals surface area (Å²) in [6.45, 7) is 0. The molecule has 0 radical (unpaired) electrons. The van der Waals surface area contributed by atoms with E-state index in [1.807, 2.05) is 10.5 Å². The molecule has 3 heterocycles.